The fraction of sp³-hybridized carbons (Fsp3) is 0.659. The molecule has 0 amide bonds. The van der Waals surface area contributed by atoms with Crippen molar-refractivity contribution in [2.45, 2.75) is 141 Å². The van der Waals surface area contributed by atoms with Gasteiger partial charge in [0, 0.05) is 32.8 Å². The topological polar surface area (TPSA) is 91.3 Å². The number of allylic oxidation sites excluding steroid dienone is 4. The van der Waals surface area contributed by atoms with Crippen molar-refractivity contribution in [2.24, 2.45) is 11.8 Å². The summed E-state index contributed by atoms with van der Waals surface area (Å²) in [4.78, 5) is 23.9. The zero-order valence-electron chi connectivity index (χ0n) is 30.1. The lowest BCUT2D eigenvalue weighted by molar-refractivity contribution is -0.147. The maximum atomic E-state index is 12.2. The van der Waals surface area contributed by atoms with Crippen molar-refractivity contribution in [1.29, 1.82) is 0 Å². The molecule has 0 heterocycles. The van der Waals surface area contributed by atoms with Crippen LogP contribution < -0.4 is 4.74 Å². The average molecular weight is 669 g/mol. The third-order valence-electron chi connectivity index (χ3n) is 8.96. The molecule has 0 saturated heterocycles. The van der Waals surface area contributed by atoms with Crippen molar-refractivity contribution >= 4 is 11.9 Å². The number of aliphatic hydroxyl groups is 1. The molecule has 1 aliphatic rings. The molecule has 0 aliphatic heterocycles. The van der Waals surface area contributed by atoms with Gasteiger partial charge in [-0.25, -0.2) is 0 Å². The van der Waals surface area contributed by atoms with Crippen molar-refractivity contribution in [3.05, 3.63) is 66.8 Å². The highest BCUT2D eigenvalue weighted by atomic mass is 16.5. The molecule has 1 aromatic rings. The van der Waals surface area contributed by atoms with E-state index >= 15 is 0 Å². The van der Waals surface area contributed by atoms with Gasteiger partial charge < -0.3 is 24.1 Å². The van der Waals surface area contributed by atoms with Crippen LogP contribution in [0.1, 0.15) is 123 Å². The lowest BCUT2D eigenvalue weighted by Gasteiger charge is -2.22. The second-order valence-electron chi connectivity index (χ2n) is 13.0. The first-order valence-corrected chi connectivity index (χ1v) is 18.6. The number of ether oxygens (including phenoxy) is 4. The Morgan fingerprint density at radius 3 is 2.21 bits per heavy atom. The standard InChI is InChI=1S/C41H64O7/c1-4-5-6-7-8-9-10-11-12-13-14-15-18-24-31-46-41(44)28-23-17-16-22-27-37-38(40(32-39(37)43)48-34(2)42)30-29-36(45-3)33-47-35-25-20-19-21-26-35/h9-10,16,19-22,25-26,29-30,36-40,43H,4-8,11-15,17-18,23-24,27-28,31-33H2,1-3H3/b10-9-,22-16-,30-29+/t36-,37-,38-,39+,40-/m1/s1. The molecule has 0 spiro atoms. The van der Waals surface area contributed by atoms with Crippen LogP contribution in [0.3, 0.4) is 0 Å². The van der Waals surface area contributed by atoms with E-state index in [0.717, 1.165) is 31.4 Å². The van der Waals surface area contributed by atoms with Gasteiger partial charge in [0.2, 0.25) is 0 Å². The van der Waals surface area contributed by atoms with Crippen LogP contribution in [0, 0.1) is 11.8 Å². The van der Waals surface area contributed by atoms with Crippen LogP contribution >= 0.6 is 0 Å². The number of para-hydroxylation sites is 1. The fourth-order valence-electron chi connectivity index (χ4n) is 6.16. The van der Waals surface area contributed by atoms with Gasteiger partial charge in [-0.1, -0.05) is 107 Å². The maximum absolute atomic E-state index is 12.2. The third-order valence-corrected chi connectivity index (χ3v) is 8.96. The van der Waals surface area contributed by atoms with Crippen LogP contribution in [0.15, 0.2) is 66.8 Å². The summed E-state index contributed by atoms with van der Waals surface area (Å²) in [6, 6.07) is 9.56. The van der Waals surface area contributed by atoms with E-state index in [-0.39, 0.29) is 29.9 Å². The summed E-state index contributed by atoms with van der Waals surface area (Å²) in [6.07, 6.45) is 29.2. The average Bonchev–Trinajstić information content (AvgIpc) is 3.37. The van der Waals surface area contributed by atoms with Gasteiger partial charge >= 0.3 is 11.9 Å². The Morgan fingerprint density at radius 1 is 0.875 bits per heavy atom. The Balaban J connectivity index is 1.60. The van der Waals surface area contributed by atoms with Gasteiger partial charge in [-0.15, -0.1) is 0 Å². The summed E-state index contributed by atoms with van der Waals surface area (Å²) >= 11 is 0. The molecule has 5 atom stereocenters. The second-order valence-corrected chi connectivity index (χ2v) is 13.0. The molecule has 270 valence electrons. The zero-order chi connectivity index (χ0) is 34.7. The number of aliphatic hydroxyl groups excluding tert-OH is 1. The first-order valence-electron chi connectivity index (χ1n) is 18.6. The molecule has 1 aliphatic carbocycles. The minimum atomic E-state index is -0.586. The minimum absolute atomic E-state index is 0.0960. The lowest BCUT2D eigenvalue weighted by atomic mass is 9.89. The van der Waals surface area contributed by atoms with Gasteiger partial charge in [0.15, 0.2) is 0 Å². The Kier molecular flexibility index (Phi) is 23.2. The summed E-state index contributed by atoms with van der Waals surface area (Å²) in [6.45, 7) is 4.50. The Bertz CT molecular complexity index is 1050. The highest BCUT2D eigenvalue weighted by Gasteiger charge is 2.42. The molecule has 1 fully saturated rings. The van der Waals surface area contributed by atoms with E-state index in [4.69, 9.17) is 18.9 Å². The molecule has 7 nitrogen and oxygen atoms in total. The molecule has 0 bridgehead atoms. The van der Waals surface area contributed by atoms with Crippen LogP contribution in [-0.2, 0) is 23.8 Å². The van der Waals surface area contributed by atoms with Crippen molar-refractivity contribution in [2.75, 3.05) is 20.3 Å². The molecular weight excluding hydrogens is 604 g/mol. The molecule has 2 rings (SSSR count). The fourth-order valence-corrected chi connectivity index (χ4v) is 6.16. The normalized spacial score (nSPS) is 20.2. The Labute approximate surface area is 291 Å². The van der Waals surface area contributed by atoms with Crippen LogP contribution in [0.5, 0.6) is 5.75 Å². The Hall–Kier alpha value is -2.90. The lowest BCUT2D eigenvalue weighted by Crippen LogP contribution is -2.25. The maximum Gasteiger partial charge on any atom is 0.305 e. The monoisotopic (exact) mass is 668 g/mol. The van der Waals surface area contributed by atoms with Crippen LogP contribution in [0.4, 0.5) is 0 Å². The van der Waals surface area contributed by atoms with E-state index in [2.05, 4.69) is 31.2 Å². The van der Waals surface area contributed by atoms with Crippen LogP contribution in [0.2, 0.25) is 0 Å². The van der Waals surface area contributed by atoms with E-state index in [1.165, 1.54) is 71.1 Å². The smallest absolute Gasteiger partial charge is 0.305 e. The van der Waals surface area contributed by atoms with Crippen LogP contribution in [-0.4, -0.2) is 55.7 Å². The number of rotatable bonds is 27. The molecular formula is C41H64O7. The van der Waals surface area contributed by atoms with E-state index in [1.54, 1.807) is 7.11 Å². The van der Waals surface area contributed by atoms with Crippen molar-refractivity contribution < 1.29 is 33.6 Å². The first kappa shape index (κ1) is 41.3. The summed E-state index contributed by atoms with van der Waals surface area (Å²) < 4.78 is 22.5. The molecule has 1 aromatic carbocycles. The molecule has 0 unspecified atom stereocenters. The first-order chi connectivity index (χ1) is 23.4. The highest BCUT2D eigenvalue weighted by molar-refractivity contribution is 5.69. The summed E-state index contributed by atoms with van der Waals surface area (Å²) in [5.74, 6) is 0.0361. The molecule has 1 saturated carbocycles. The Morgan fingerprint density at radius 2 is 1.52 bits per heavy atom. The molecule has 1 N–H and O–H groups in total. The van der Waals surface area contributed by atoms with Gasteiger partial charge in [0.1, 0.15) is 24.6 Å². The molecule has 0 aromatic heterocycles. The third kappa shape index (κ3) is 19.2. The van der Waals surface area contributed by atoms with E-state index in [1.807, 2.05) is 42.5 Å². The number of methoxy groups -OCH3 is 1. The molecule has 0 radical (unpaired) electrons. The number of hydrogen-bond acceptors (Lipinski definition) is 7. The van der Waals surface area contributed by atoms with Gasteiger partial charge in [0.25, 0.3) is 0 Å². The van der Waals surface area contributed by atoms with E-state index in [0.29, 0.717) is 32.5 Å². The quantitative estimate of drug-likeness (QED) is 0.0567. The predicted octanol–water partition coefficient (Wildman–Crippen LogP) is 9.48. The van der Waals surface area contributed by atoms with Gasteiger partial charge in [0.05, 0.1) is 12.7 Å². The van der Waals surface area contributed by atoms with Gasteiger partial charge in [-0.2, -0.15) is 0 Å². The molecule has 48 heavy (non-hydrogen) atoms. The number of benzene rings is 1. The summed E-state index contributed by atoms with van der Waals surface area (Å²) in [5.41, 5.74) is 0. The van der Waals surface area contributed by atoms with E-state index in [9.17, 15) is 14.7 Å². The number of hydrogen-bond donors (Lipinski definition) is 1. The second kappa shape index (κ2) is 27.0. The highest BCUT2D eigenvalue weighted by Crippen LogP contribution is 2.38. The largest absolute Gasteiger partial charge is 0.491 e. The van der Waals surface area contributed by atoms with Crippen molar-refractivity contribution in [3.63, 3.8) is 0 Å². The number of carbonyl (C=O) groups is 2. The van der Waals surface area contributed by atoms with Gasteiger partial charge in [-0.05, 0) is 69.4 Å². The number of carbonyl (C=O) groups excluding carboxylic acids is 2. The summed E-state index contributed by atoms with van der Waals surface area (Å²) in [7, 11) is 1.63. The predicted molar refractivity (Wildman–Crippen MR) is 194 cm³/mol. The SMILES string of the molecule is CCCCCC/C=C\CCCCCCCCOC(=O)CCC/C=C\C[C@@H]1[C@@H](/C=C/[C@H](COc2ccccc2)OC)[C@H](OC(C)=O)C[C@@H]1O. The van der Waals surface area contributed by atoms with Crippen molar-refractivity contribution in [1.82, 2.24) is 0 Å². The van der Waals surface area contributed by atoms with Crippen LogP contribution in [0.25, 0.3) is 0 Å². The zero-order valence-corrected chi connectivity index (χ0v) is 30.1. The summed E-state index contributed by atoms with van der Waals surface area (Å²) in [5, 5.41) is 10.8. The molecule has 7 heteroatoms. The number of unbranched alkanes of at least 4 members (excludes halogenated alkanes) is 11. The minimum Gasteiger partial charge on any atom is -0.491 e. The van der Waals surface area contributed by atoms with Crippen molar-refractivity contribution in [3.8, 4) is 5.75 Å². The number of esters is 2. The van der Waals surface area contributed by atoms with E-state index < -0.39 is 12.2 Å². The van der Waals surface area contributed by atoms with Gasteiger partial charge in [-0.3, -0.25) is 9.59 Å².